The Balaban J connectivity index is 1.51. The Morgan fingerprint density at radius 1 is 1.22 bits per heavy atom. The fourth-order valence-corrected chi connectivity index (χ4v) is 4.19. The normalized spacial score (nSPS) is 22.6. The highest BCUT2D eigenvalue weighted by Gasteiger charge is 2.53. The Kier molecular flexibility index (Phi) is 4.50. The van der Waals surface area contributed by atoms with Gasteiger partial charge in [-0.25, -0.2) is 9.78 Å². The van der Waals surface area contributed by atoms with E-state index in [4.69, 9.17) is 13.9 Å². The van der Waals surface area contributed by atoms with E-state index in [1.54, 1.807) is 24.4 Å². The minimum atomic E-state index is -1.58. The number of rotatable bonds is 5. The SMILES string of the molecule is COC1=CC2=C(CC=C1)CN(C[C@@]1(c3cc4cnc(OC)cc4o3)NC(=O)NC1=O)C2=O. The van der Waals surface area contributed by atoms with Crippen molar-refractivity contribution in [2.24, 2.45) is 0 Å². The van der Waals surface area contributed by atoms with Crippen LogP contribution in [0.25, 0.3) is 11.0 Å². The van der Waals surface area contributed by atoms with Gasteiger partial charge >= 0.3 is 6.03 Å². The standard InChI is InChI=1S/C22H20N4O6/c1-30-14-5-3-4-12-10-26(19(27)15(12)7-14)11-22(20(28)24-21(29)25-22)17-6-13-9-23-18(31-2)8-16(13)32-17/h3,5-9H,4,10-11H2,1-2H3,(H2,24,25,28,29)/t22-/m0/s1. The second kappa shape index (κ2) is 7.26. The molecule has 4 heterocycles. The van der Waals surface area contributed by atoms with Gasteiger partial charge in [0.05, 0.1) is 20.8 Å². The van der Waals surface area contributed by atoms with Crippen LogP contribution in [-0.4, -0.2) is 55.0 Å². The maximum Gasteiger partial charge on any atom is 0.322 e. The lowest BCUT2D eigenvalue weighted by atomic mass is 9.95. The van der Waals surface area contributed by atoms with Gasteiger partial charge in [-0.2, -0.15) is 0 Å². The minimum absolute atomic E-state index is 0.0966. The summed E-state index contributed by atoms with van der Waals surface area (Å²) in [6, 6.07) is 2.57. The van der Waals surface area contributed by atoms with E-state index in [1.165, 1.54) is 19.1 Å². The molecular formula is C22H20N4O6. The van der Waals surface area contributed by atoms with Gasteiger partial charge in [0, 0.05) is 29.8 Å². The molecule has 0 saturated carbocycles. The van der Waals surface area contributed by atoms with E-state index in [0.29, 0.717) is 41.1 Å². The van der Waals surface area contributed by atoms with Crippen molar-refractivity contribution in [1.82, 2.24) is 20.5 Å². The Bertz CT molecular complexity index is 1260. The lowest BCUT2D eigenvalue weighted by Gasteiger charge is -2.29. The number of furan rings is 1. The molecule has 0 unspecified atom stereocenters. The third-order valence-electron chi connectivity index (χ3n) is 5.82. The molecule has 5 rings (SSSR count). The number of carbonyl (C=O) groups excluding carboxylic acids is 3. The summed E-state index contributed by atoms with van der Waals surface area (Å²) in [7, 11) is 3.02. The van der Waals surface area contributed by atoms with E-state index >= 15 is 0 Å². The first kappa shape index (κ1) is 19.9. The quantitative estimate of drug-likeness (QED) is 0.681. The summed E-state index contributed by atoms with van der Waals surface area (Å²) in [5.41, 5.74) is 0.314. The second-order valence-electron chi connectivity index (χ2n) is 7.72. The molecule has 2 aromatic rings. The predicted molar refractivity (Wildman–Crippen MR) is 111 cm³/mol. The van der Waals surface area contributed by atoms with Gasteiger partial charge in [0.25, 0.3) is 11.8 Å². The van der Waals surface area contributed by atoms with Crippen molar-refractivity contribution in [2.45, 2.75) is 12.0 Å². The van der Waals surface area contributed by atoms with Crippen LogP contribution >= 0.6 is 0 Å². The first-order valence-corrected chi connectivity index (χ1v) is 9.94. The third kappa shape index (κ3) is 3.03. The second-order valence-corrected chi connectivity index (χ2v) is 7.72. The maximum atomic E-state index is 13.2. The van der Waals surface area contributed by atoms with Gasteiger partial charge in [-0.15, -0.1) is 0 Å². The number of imide groups is 1. The summed E-state index contributed by atoms with van der Waals surface area (Å²) in [6.45, 7) is 0.229. The number of carbonyl (C=O) groups is 3. The van der Waals surface area contributed by atoms with Crippen LogP contribution in [0.4, 0.5) is 4.79 Å². The number of ether oxygens (including phenoxy) is 2. The van der Waals surface area contributed by atoms with Crippen LogP contribution in [0.2, 0.25) is 0 Å². The van der Waals surface area contributed by atoms with Crippen LogP contribution in [0.5, 0.6) is 5.88 Å². The first-order valence-electron chi connectivity index (χ1n) is 9.94. The zero-order chi connectivity index (χ0) is 22.5. The zero-order valence-corrected chi connectivity index (χ0v) is 17.4. The molecule has 2 aliphatic heterocycles. The largest absolute Gasteiger partial charge is 0.497 e. The molecule has 32 heavy (non-hydrogen) atoms. The molecule has 1 saturated heterocycles. The van der Waals surface area contributed by atoms with Gasteiger partial charge in [0.15, 0.2) is 5.54 Å². The molecule has 164 valence electrons. The minimum Gasteiger partial charge on any atom is -0.497 e. The molecule has 1 fully saturated rings. The molecule has 1 aliphatic carbocycles. The number of hydrogen-bond donors (Lipinski definition) is 2. The lowest BCUT2D eigenvalue weighted by Crippen LogP contribution is -2.53. The van der Waals surface area contributed by atoms with E-state index in [9.17, 15) is 14.4 Å². The molecule has 2 N–H and O–H groups in total. The molecule has 1 atom stereocenters. The van der Waals surface area contributed by atoms with E-state index in [1.807, 2.05) is 12.2 Å². The van der Waals surface area contributed by atoms with Crippen LogP contribution in [0, 0.1) is 0 Å². The lowest BCUT2D eigenvalue weighted by molar-refractivity contribution is -0.130. The number of aromatic nitrogens is 1. The molecule has 0 spiro atoms. The van der Waals surface area contributed by atoms with E-state index in [-0.39, 0.29) is 18.2 Å². The van der Waals surface area contributed by atoms with Crippen LogP contribution in [-0.2, 0) is 19.9 Å². The van der Waals surface area contributed by atoms with Crippen LogP contribution in [0.3, 0.4) is 0 Å². The number of pyridine rings is 1. The monoisotopic (exact) mass is 436 g/mol. The topological polar surface area (TPSA) is 123 Å². The molecule has 4 amide bonds. The summed E-state index contributed by atoms with van der Waals surface area (Å²) in [5, 5.41) is 5.57. The third-order valence-corrected chi connectivity index (χ3v) is 5.82. The fourth-order valence-electron chi connectivity index (χ4n) is 4.19. The predicted octanol–water partition coefficient (Wildman–Crippen LogP) is 1.50. The van der Waals surface area contributed by atoms with Gasteiger partial charge in [0.2, 0.25) is 5.88 Å². The number of amides is 4. The van der Waals surface area contributed by atoms with E-state index < -0.39 is 17.5 Å². The number of nitrogens with one attached hydrogen (secondary N) is 2. The van der Waals surface area contributed by atoms with Crippen molar-refractivity contribution in [2.75, 3.05) is 27.3 Å². The van der Waals surface area contributed by atoms with Crippen LogP contribution in [0.1, 0.15) is 12.2 Å². The van der Waals surface area contributed by atoms with E-state index in [2.05, 4.69) is 15.6 Å². The van der Waals surface area contributed by atoms with E-state index in [0.717, 1.165) is 5.57 Å². The Morgan fingerprint density at radius 2 is 2.06 bits per heavy atom. The average molecular weight is 436 g/mol. The zero-order valence-electron chi connectivity index (χ0n) is 17.4. The summed E-state index contributed by atoms with van der Waals surface area (Å²) in [6.07, 6.45) is 7.58. The molecule has 0 bridgehead atoms. The number of nitrogens with zero attached hydrogens (tertiary/aromatic N) is 2. The van der Waals surface area contributed by atoms with Gasteiger partial charge in [-0.05, 0) is 30.2 Å². The average Bonchev–Trinajstić information content (AvgIpc) is 3.36. The summed E-state index contributed by atoms with van der Waals surface area (Å²) < 4.78 is 16.4. The Labute approximate surface area is 182 Å². The van der Waals surface area contributed by atoms with Gasteiger partial charge in [-0.1, -0.05) is 6.08 Å². The van der Waals surface area contributed by atoms with Crippen molar-refractivity contribution >= 4 is 28.8 Å². The molecule has 0 aromatic carbocycles. The number of fused-ring (bicyclic) bond motifs is 1. The highest BCUT2D eigenvalue weighted by molar-refractivity contribution is 6.08. The summed E-state index contributed by atoms with van der Waals surface area (Å²) in [4.78, 5) is 44.0. The van der Waals surface area contributed by atoms with Gasteiger partial charge in [-0.3, -0.25) is 14.9 Å². The summed E-state index contributed by atoms with van der Waals surface area (Å²) >= 11 is 0. The van der Waals surface area contributed by atoms with Crippen LogP contribution < -0.4 is 15.4 Å². The van der Waals surface area contributed by atoms with Gasteiger partial charge < -0.3 is 24.1 Å². The summed E-state index contributed by atoms with van der Waals surface area (Å²) in [5.74, 6) is 0.290. The molecule has 2 aromatic heterocycles. The number of methoxy groups -OCH3 is 2. The highest BCUT2D eigenvalue weighted by Crippen LogP contribution is 2.35. The smallest absolute Gasteiger partial charge is 0.322 e. The highest BCUT2D eigenvalue weighted by atomic mass is 16.5. The maximum absolute atomic E-state index is 13.2. The Morgan fingerprint density at radius 3 is 2.78 bits per heavy atom. The molecule has 10 nitrogen and oxygen atoms in total. The first-order chi connectivity index (χ1) is 15.4. The van der Waals surface area contributed by atoms with Crippen molar-refractivity contribution in [1.29, 1.82) is 0 Å². The van der Waals surface area contributed by atoms with Crippen molar-refractivity contribution < 1.29 is 28.3 Å². The number of hydrogen-bond acceptors (Lipinski definition) is 7. The van der Waals surface area contributed by atoms with Crippen molar-refractivity contribution in [3.8, 4) is 5.88 Å². The fraction of sp³-hybridized carbons (Fsp3) is 0.273. The molecular weight excluding hydrogens is 416 g/mol. The van der Waals surface area contributed by atoms with Crippen molar-refractivity contribution in [3.63, 3.8) is 0 Å². The number of allylic oxidation sites excluding steroid dienone is 2. The molecule has 0 radical (unpaired) electrons. The van der Waals surface area contributed by atoms with Gasteiger partial charge in [0.1, 0.15) is 17.1 Å². The molecule has 3 aliphatic rings. The van der Waals surface area contributed by atoms with Crippen molar-refractivity contribution in [3.05, 3.63) is 59.2 Å². The van der Waals surface area contributed by atoms with Crippen LogP contribution in [0.15, 0.2) is 57.9 Å². The number of urea groups is 1. The molecule has 10 heteroatoms. The Hall–Kier alpha value is -4.08.